The summed E-state index contributed by atoms with van der Waals surface area (Å²) in [5.74, 6) is 1.03. The molecule has 0 amide bonds. The molecule has 2 saturated heterocycles. The zero-order valence-electron chi connectivity index (χ0n) is 11.8. The molecule has 0 spiro atoms. The van der Waals surface area contributed by atoms with Crippen LogP contribution in [0.1, 0.15) is 31.2 Å². The van der Waals surface area contributed by atoms with Crippen LogP contribution in [-0.4, -0.2) is 40.0 Å². The summed E-state index contributed by atoms with van der Waals surface area (Å²) in [4.78, 5) is 11.5. The van der Waals surface area contributed by atoms with E-state index in [-0.39, 0.29) is 0 Å². The van der Waals surface area contributed by atoms with Crippen LogP contribution in [0.5, 0.6) is 0 Å². The topological polar surface area (TPSA) is 41.0 Å². The predicted octanol–water partition coefficient (Wildman–Crippen LogP) is 3.04. The quantitative estimate of drug-likeness (QED) is 0.922. The van der Waals surface area contributed by atoms with E-state index in [1.54, 1.807) is 17.7 Å². The number of hydrogen-bond acceptors (Lipinski definition) is 5. The molecule has 2 aromatic rings. The molecule has 0 saturated carbocycles. The SMILES string of the molecule is Cc1csc2c(NC3CCN4CCCC4C3)ncnc12. The van der Waals surface area contributed by atoms with E-state index in [0.29, 0.717) is 6.04 Å². The van der Waals surface area contributed by atoms with Crippen LogP contribution in [0.3, 0.4) is 0 Å². The molecule has 4 nitrogen and oxygen atoms in total. The fraction of sp³-hybridized carbons (Fsp3) is 0.600. The van der Waals surface area contributed by atoms with Crippen molar-refractivity contribution in [3.05, 3.63) is 17.3 Å². The van der Waals surface area contributed by atoms with E-state index in [1.807, 2.05) is 0 Å². The lowest BCUT2D eigenvalue weighted by Crippen LogP contribution is -2.42. The van der Waals surface area contributed by atoms with E-state index in [9.17, 15) is 0 Å². The summed E-state index contributed by atoms with van der Waals surface area (Å²) in [5.41, 5.74) is 2.35. The van der Waals surface area contributed by atoms with Crippen LogP contribution >= 0.6 is 11.3 Å². The Kier molecular flexibility index (Phi) is 3.11. The molecule has 20 heavy (non-hydrogen) atoms. The predicted molar refractivity (Wildman–Crippen MR) is 83.4 cm³/mol. The highest BCUT2D eigenvalue weighted by atomic mass is 32.1. The number of hydrogen-bond donors (Lipinski definition) is 1. The maximum Gasteiger partial charge on any atom is 0.147 e. The summed E-state index contributed by atoms with van der Waals surface area (Å²) < 4.78 is 1.21. The molecule has 0 aromatic carbocycles. The molecular formula is C15H20N4S. The zero-order chi connectivity index (χ0) is 13.5. The van der Waals surface area contributed by atoms with E-state index in [0.717, 1.165) is 17.4 Å². The van der Waals surface area contributed by atoms with Crippen molar-refractivity contribution >= 4 is 27.4 Å². The standard InChI is InChI=1S/C15H20N4S/c1-10-8-20-14-13(10)16-9-17-15(14)18-11-4-6-19-5-2-3-12(19)7-11/h8-9,11-12H,2-7H2,1H3,(H,16,17,18). The van der Waals surface area contributed by atoms with E-state index < -0.39 is 0 Å². The number of aromatic nitrogens is 2. The van der Waals surface area contributed by atoms with Crippen molar-refractivity contribution in [2.75, 3.05) is 18.4 Å². The van der Waals surface area contributed by atoms with Crippen molar-refractivity contribution < 1.29 is 0 Å². The lowest BCUT2D eigenvalue weighted by molar-refractivity contribution is 0.188. The van der Waals surface area contributed by atoms with Gasteiger partial charge >= 0.3 is 0 Å². The molecule has 106 valence electrons. The van der Waals surface area contributed by atoms with Gasteiger partial charge in [0.2, 0.25) is 0 Å². The number of anilines is 1. The van der Waals surface area contributed by atoms with Crippen molar-refractivity contribution in [3.8, 4) is 0 Å². The smallest absolute Gasteiger partial charge is 0.147 e. The Morgan fingerprint density at radius 2 is 2.25 bits per heavy atom. The number of thiophene rings is 1. The number of rotatable bonds is 2. The second-order valence-corrected chi connectivity index (χ2v) is 6.90. The Labute approximate surface area is 123 Å². The fourth-order valence-electron chi connectivity index (χ4n) is 3.62. The molecule has 0 bridgehead atoms. The summed E-state index contributed by atoms with van der Waals surface area (Å²) >= 11 is 1.75. The van der Waals surface area contributed by atoms with Crippen LogP contribution in [0.2, 0.25) is 0 Å². The van der Waals surface area contributed by atoms with Crippen LogP contribution in [-0.2, 0) is 0 Å². The molecule has 2 aliphatic rings. The first-order valence-corrected chi connectivity index (χ1v) is 8.38. The summed E-state index contributed by atoms with van der Waals surface area (Å²) in [5, 5.41) is 5.85. The molecule has 2 unspecified atom stereocenters. The highest BCUT2D eigenvalue weighted by molar-refractivity contribution is 7.18. The zero-order valence-corrected chi connectivity index (χ0v) is 12.6. The van der Waals surface area contributed by atoms with Gasteiger partial charge in [-0.25, -0.2) is 9.97 Å². The summed E-state index contributed by atoms with van der Waals surface area (Å²) in [7, 11) is 0. The average Bonchev–Trinajstić information content (AvgIpc) is 3.06. The van der Waals surface area contributed by atoms with E-state index in [1.165, 1.54) is 49.0 Å². The van der Waals surface area contributed by atoms with Gasteiger partial charge in [0.15, 0.2) is 0 Å². The van der Waals surface area contributed by atoms with Crippen molar-refractivity contribution in [3.63, 3.8) is 0 Å². The van der Waals surface area contributed by atoms with Crippen LogP contribution in [0.15, 0.2) is 11.7 Å². The van der Waals surface area contributed by atoms with Gasteiger partial charge in [-0.15, -0.1) is 11.3 Å². The first-order chi connectivity index (χ1) is 9.81. The van der Waals surface area contributed by atoms with Crippen LogP contribution < -0.4 is 5.32 Å². The molecule has 0 radical (unpaired) electrons. The molecule has 2 aromatic heterocycles. The normalized spacial score (nSPS) is 26.9. The Morgan fingerprint density at radius 3 is 3.20 bits per heavy atom. The van der Waals surface area contributed by atoms with Gasteiger partial charge in [-0.05, 0) is 50.1 Å². The minimum absolute atomic E-state index is 0.565. The van der Waals surface area contributed by atoms with Crippen molar-refractivity contribution in [2.24, 2.45) is 0 Å². The Morgan fingerprint density at radius 1 is 1.30 bits per heavy atom. The van der Waals surface area contributed by atoms with Gasteiger partial charge in [-0.3, -0.25) is 0 Å². The molecule has 2 fully saturated rings. The number of fused-ring (bicyclic) bond motifs is 2. The van der Waals surface area contributed by atoms with Gasteiger partial charge in [0.1, 0.15) is 12.1 Å². The summed E-state index contributed by atoms with van der Waals surface area (Å²) in [6, 6.07) is 1.36. The van der Waals surface area contributed by atoms with Crippen molar-refractivity contribution in [1.82, 2.24) is 14.9 Å². The van der Waals surface area contributed by atoms with E-state index in [2.05, 4.69) is 32.5 Å². The second-order valence-electron chi connectivity index (χ2n) is 6.02. The molecular weight excluding hydrogens is 268 g/mol. The molecule has 0 aliphatic carbocycles. The van der Waals surface area contributed by atoms with Gasteiger partial charge in [-0.1, -0.05) is 0 Å². The molecule has 1 N–H and O–H groups in total. The second kappa shape index (κ2) is 4.97. The summed E-state index contributed by atoms with van der Waals surface area (Å²) in [6.45, 7) is 4.66. The minimum Gasteiger partial charge on any atom is -0.366 e. The Bertz CT molecular complexity index is 623. The van der Waals surface area contributed by atoms with Gasteiger partial charge < -0.3 is 10.2 Å². The summed E-state index contributed by atoms with van der Waals surface area (Å²) in [6.07, 6.45) is 6.92. The molecule has 4 heterocycles. The van der Waals surface area contributed by atoms with Gasteiger partial charge in [-0.2, -0.15) is 0 Å². The number of nitrogens with one attached hydrogen (secondary N) is 1. The molecule has 2 aliphatic heterocycles. The number of nitrogens with zero attached hydrogens (tertiary/aromatic N) is 3. The third-order valence-electron chi connectivity index (χ3n) is 4.69. The lowest BCUT2D eigenvalue weighted by Gasteiger charge is -2.35. The van der Waals surface area contributed by atoms with Gasteiger partial charge in [0.05, 0.1) is 10.2 Å². The van der Waals surface area contributed by atoms with Crippen LogP contribution in [0, 0.1) is 6.92 Å². The minimum atomic E-state index is 0.565. The molecule has 2 atom stereocenters. The molecule has 5 heteroatoms. The average molecular weight is 288 g/mol. The number of piperidine rings is 1. The van der Waals surface area contributed by atoms with Crippen molar-refractivity contribution in [1.29, 1.82) is 0 Å². The largest absolute Gasteiger partial charge is 0.366 e. The van der Waals surface area contributed by atoms with E-state index in [4.69, 9.17) is 0 Å². The third-order valence-corrected chi connectivity index (χ3v) is 5.79. The Balaban J connectivity index is 1.55. The lowest BCUT2D eigenvalue weighted by atomic mass is 9.97. The van der Waals surface area contributed by atoms with Gasteiger partial charge in [0, 0.05) is 18.6 Å². The maximum atomic E-state index is 4.47. The first kappa shape index (κ1) is 12.5. The third kappa shape index (κ3) is 2.09. The monoisotopic (exact) mass is 288 g/mol. The fourth-order valence-corrected chi connectivity index (χ4v) is 4.58. The van der Waals surface area contributed by atoms with Crippen molar-refractivity contribution in [2.45, 2.75) is 44.7 Å². The van der Waals surface area contributed by atoms with Gasteiger partial charge in [0.25, 0.3) is 0 Å². The molecule has 4 rings (SSSR count). The highest BCUT2D eigenvalue weighted by Crippen LogP contribution is 2.32. The van der Waals surface area contributed by atoms with Crippen LogP contribution in [0.4, 0.5) is 5.82 Å². The number of aryl methyl sites for hydroxylation is 1. The van der Waals surface area contributed by atoms with Crippen LogP contribution in [0.25, 0.3) is 10.2 Å². The highest BCUT2D eigenvalue weighted by Gasteiger charge is 2.31. The maximum absolute atomic E-state index is 4.47. The van der Waals surface area contributed by atoms with E-state index >= 15 is 0 Å². The Hall–Kier alpha value is -1.20. The first-order valence-electron chi connectivity index (χ1n) is 7.50.